The van der Waals surface area contributed by atoms with Crippen molar-refractivity contribution in [1.82, 2.24) is 15.5 Å². The molecular weight excluding hydrogens is 435 g/mol. The summed E-state index contributed by atoms with van der Waals surface area (Å²) in [5.41, 5.74) is 0. The summed E-state index contributed by atoms with van der Waals surface area (Å²) in [6.45, 7) is 9.63. The van der Waals surface area contributed by atoms with Crippen LogP contribution in [0, 0.1) is 6.92 Å². The molecule has 1 aliphatic carbocycles. The number of halogens is 1. The molecule has 1 heterocycles. The maximum atomic E-state index is 5.21. The van der Waals surface area contributed by atoms with Crippen LogP contribution >= 0.6 is 35.3 Å². The van der Waals surface area contributed by atoms with Crippen molar-refractivity contribution in [1.29, 1.82) is 0 Å². The predicted octanol–water partition coefficient (Wildman–Crippen LogP) is 2.84. The van der Waals surface area contributed by atoms with Crippen molar-refractivity contribution >= 4 is 41.3 Å². The fraction of sp³-hybridized carbons (Fsp3) is 0.706. The predicted molar refractivity (Wildman–Crippen MR) is 114 cm³/mol. The van der Waals surface area contributed by atoms with E-state index in [1.807, 2.05) is 11.3 Å². The number of methoxy groups -OCH3 is 1. The normalized spacial score (nSPS) is 14.6. The molecular formula is C17H31IN4OS. The summed E-state index contributed by atoms with van der Waals surface area (Å²) in [6.07, 6.45) is 2.66. The van der Waals surface area contributed by atoms with E-state index in [9.17, 15) is 0 Å². The van der Waals surface area contributed by atoms with Gasteiger partial charge < -0.3 is 15.4 Å². The Bertz CT molecular complexity index is 491. The highest BCUT2D eigenvalue weighted by molar-refractivity contribution is 14.0. The molecule has 1 aromatic heterocycles. The molecule has 7 heteroatoms. The number of rotatable bonds is 10. The Labute approximate surface area is 167 Å². The lowest BCUT2D eigenvalue weighted by atomic mass is 10.4. The third-order valence-corrected chi connectivity index (χ3v) is 4.86. The molecule has 0 amide bonds. The summed E-state index contributed by atoms with van der Waals surface area (Å²) in [5, 5.41) is 6.77. The van der Waals surface area contributed by atoms with E-state index in [-0.39, 0.29) is 24.0 Å². The van der Waals surface area contributed by atoms with E-state index < -0.39 is 0 Å². The van der Waals surface area contributed by atoms with Gasteiger partial charge >= 0.3 is 0 Å². The first-order valence-electron chi connectivity index (χ1n) is 8.53. The molecule has 2 N–H and O–H groups in total. The first-order valence-corrected chi connectivity index (χ1v) is 9.35. The average molecular weight is 466 g/mol. The summed E-state index contributed by atoms with van der Waals surface area (Å²) < 4.78 is 5.21. The number of hydrogen-bond acceptors (Lipinski definition) is 4. The maximum Gasteiger partial charge on any atom is 0.191 e. The molecule has 138 valence electrons. The highest BCUT2D eigenvalue weighted by Crippen LogP contribution is 2.25. The van der Waals surface area contributed by atoms with Gasteiger partial charge in [-0.05, 0) is 38.8 Å². The van der Waals surface area contributed by atoms with Gasteiger partial charge in [0.1, 0.15) is 0 Å². The standard InChI is InChI=1S/C17H30N4OS.HI/c1-4-18-17(20-13-16-8-5-14(2)23-16)19-9-10-21(11-12-22-3)15-6-7-15;/h5,8,15H,4,6-7,9-13H2,1-3H3,(H2,18,19,20);1H. The molecule has 1 saturated carbocycles. The van der Waals surface area contributed by atoms with Crippen molar-refractivity contribution in [3.05, 3.63) is 21.9 Å². The van der Waals surface area contributed by atoms with Crippen LogP contribution in [0.2, 0.25) is 0 Å². The minimum absolute atomic E-state index is 0. The molecule has 1 fully saturated rings. The summed E-state index contributed by atoms with van der Waals surface area (Å²) in [7, 11) is 1.77. The molecule has 0 spiro atoms. The number of hydrogen-bond donors (Lipinski definition) is 2. The SMILES string of the molecule is CCNC(=NCc1ccc(C)s1)NCCN(CCOC)C1CC1.I. The number of aryl methyl sites for hydroxylation is 1. The van der Waals surface area contributed by atoms with Gasteiger partial charge in [-0.25, -0.2) is 4.99 Å². The third-order valence-electron chi connectivity index (χ3n) is 3.87. The largest absolute Gasteiger partial charge is 0.383 e. The monoisotopic (exact) mass is 466 g/mol. The lowest BCUT2D eigenvalue weighted by Crippen LogP contribution is -2.42. The molecule has 2 rings (SSSR count). The molecule has 24 heavy (non-hydrogen) atoms. The lowest BCUT2D eigenvalue weighted by Gasteiger charge is -2.22. The second kappa shape index (κ2) is 12.1. The van der Waals surface area contributed by atoms with Gasteiger partial charge in [0.25, 0.3) is 0 Å². The zero-order valence-corrected chi connectivity index (χ0v) is 18.2. The first kappa shape index (κ1) is 21.7. The summed E-state index contributed by atoms with van der Waals surface area (Å²) in [4.78, 5) is 9.84. The molecule has 0 atom stereocenters. The Kier molecular flexibility index (Phi) is 10.9. The van der Waals surface area contributed by atoms with Crippen LogP contribution in [0.3, 0.4) is 0 Å². The minimum Gasteiger partial charge on any atom is -0.383 e. The summed E-state index contributed by atoms with van der Waals surface area (Å²) in [5.74, 6) is 0.904. The average Bonchev–Trinajstić information content (AvgIpc) is 3.30. The zero-order valence-electron chi connectivity index (χ0n) is 15.0. The van der Waals surface area contributed by atoms with Crippen molar-refractivity contribution < 1.29 is 4.74 Å². The lowest BCUT2D eigenvalue weighted by molar-refractivity contribution is 0.144. The molecule has 5 nitrogen and oxygen atoms in total. The van der Waals surface area contributed by atoms with Crippen LogP contribution < -0.4 is 10.6 Å². The van der Waals surface area contributed by atoms with E-state index in [4.69, 9.17) is 4.74 Å². The molecule has 0 radical (unpaired) electrons. The van der Waals surface area contributed by atoms with E-state index in [1.165, 1.54) is 22.6 Å². The number of thiophene rings is 1. The van der Waals surface area contributed by atoms with E-state index in [0.29, 0.717) is 0 Å². The Morgan fingerprint density at radius 2 is 2.12 bits per heavy atom. The van der Waals surface area contributed by atoms with Gasteiger partial charge in [-0.1, -0.05) is 0 Å². The van der Waals surface area contributed by atoms with Gasteiger partial charge in [-0.15, -0.1) is 35.3 Å². The number of ether oxygens (including phenoxy) is 1. The molecule has 0 saturated heterocycles. The van der Waals surface area contributed by atoms with Gasteiger partial charge in [0.15, 0.2) is 5.96 Å². The van der Waals surface area contributed by atoms with E-state index >= 15 is 0 Å². The quantitative estimate of drug-likeness (QED) is 0.316. The fourth-order valence-electron chi connectivity index (χ4n) is 2.51. The summed E-state index contributed by atoms with van der Waals surface area (Å²) >= 11 is 1.81. The van der Waals surface area contributed by atoms with E-state index in [0.717, 1.165) is 51.3 Å². The van der Waals surface area contributed by atoms with Crippen LogP contribution in [-0.2, 0) is 11.3 Å². The molecule has 0 aromatic carbocycles. The number of aliphatic imine (C=N–C) groups is 1. The third kappa shape index (κ3) is 8.13. The van der Waals surface area contributed by atoms with Crippen LogP contribution in [0.25, 0.3) is 0 Å². The molecule has 0 bridgehead atoms. The van der Waals surface area contributed by atoms with Gasteiger partial charge in [-0.3, -0.25) is 4.90 Å². The van der Waals surface area contributed by atoms with Crippen LogP contribution in [0.15, 0.2) is 17.1 Å². The smallest absolute Gasteiger partial charge is 0.191 e. The van der Waals surface area contributed by atoms with Gasteiger partial charge in [0, 0.05) is 49.1 Å². The van der Waals surface area contributed by atoms with Crippen molar-refractivity contribution in [3.63, 3.8) is 0 Å². The Balaban J connectivity index is 0.00000288. The van der Waals surface area contributed by atoms with Crippen molar-refractivity contribution in [2.24, 2.45) is 4.99 Å². The highest BCUT2D eigenvalue weighted by Gasteiger charge is 2.28. The van der Waals surface area contributed by atoms with Gasteiger partial charge in [0.2, 0.25) is 0 Å². The number of guanidine groups is 1. The van der Waals surface area contributed by atoms with Crippen molar-refractivity contribution in [3.8, 4) is 0 Å². The van der Waals surface area contributed by atoms with Gasteiger partial charge in [0.05, 0.1) is 13.2 Å². The van der Waals surface area contributed by atoms with Crippen LogP contribution in [0.1, 0.15) is 29.5 Å². The van der Waals surface area contributed by atoms with Crippen molar-refractivity contribution in [2.45, 2.75) is 39.3 Å². The molecule has 1 aliphatic rings. The Hall–Kier alpha value is -0.380. The maximum absolute atomic E-state index is 5.21. The highest BCUT2D eigenvalue weighted by atomic mass is 127. The Morgan fingerprint density at radius 3 is 2.71 bits per heavy atom. The molecule has 0 aliphatic heterocycles. The van der Waals surface area contributed by atoms with E-state index in [2.05, 4.69) is 46.5 Å². The number of nitrogens with zero attached hydrogens (tertiary/aromatic N) is 2. The van der Waals surface area contributed by atoms with Crippen LogP contribution in [0.4, 0.5) is 0 Å². The fourth-order valence-corrected chi connectivity index (χ4v) is 3.33. The Morgan fingerprint density at radius 1 is 1.33 bits per heavy atom. The minimum atomic E-state index is 0. The van der Waals surface area contributed by atoms with Crippen molar-refractivity contribution in [2.75, 3.05) is 39.9 Å². The molecule has 1 aromatic rings. The molecule has 0 unspecified atom stereocenters. The van der Waals surface area contributed by atoms with E-state index in [1.54, 1.807) is 7.11 Å². The van der Waals surface area contributed by atoms with Crippen LogP contribution in [0.5, 0.6) is 0 Å². The first-order chi connectivity index (χ1) is 11.2. The topological polar surface area (TPSA) is 48.9 Å². The number of nitrogens with one attached hydrogen (secondary N) is 2. The zero-order chi connectivity index (χ0) is 16.5. The second-order valence-corrected chi connectivity index (χ2v) is 7.27. The summed E-state index contributed by atoms with van der Waals surface area (Å²) in [6, 6.07) is 5.08. The van der Waals surface area contributed by atoms with Crippen LogP contribution in [-0.4, -0.2) is 56.8 Å². The second-order valence-electron chi connectivity index (χ2n) is 5.89. The van der Waals surface area contributed by atoms with Gasteiger partial charge in [-0.2, -0.15) is 0 Å².